The lowest BCUT2D eigenvalue weighted by atomic mass is 10.3. The zero-order chi connectivity index (χ0) is 19.4. The Bertz CT molecular complexity index is 1150. The van der Waals surface area contributed by atoms with E-state index < -0.39 is 9.84 Å². The number of nitrogens with one attached hydrogen (secondary N) is 1. The van der Waals surface area contributed by atoms with Crippen molar-refractivity contribution in [2.24, 2.45) is 0 Å². The number of rotatable bonds is 6. The van der Waals surface area contributed by atoms with Crippen molar-refractivity contribution in [3.05, 3.63) is 66.0 Å². The second-order valence-corrected chi connectivity index (χ2v) is 8.30. The van der Waals surface area contributed by atoms with Crippen molar-refractivity contribution in [3.63, 3.8) is 0 Å². The third kappa shape index (κ3) is 3.72. The molecular formula is C19H18N4O2S2. The number of aryl methyl sites for hydroxylation is 1. The Morgan fingerprint density at radius 3 is 2.56 bits per heavy atom. The summed E-state index contributed by atoms with van der Waals surface area (Å²) in [5, 5.41) is 11.9. The highest BCUT2D eigenvalue weighted by Crippen LogP contribution is 2.32. The van der Waals surface area contributed by atoms with Crippen molar-refractivity contribution < 1.29 is 8.42 Å². The second-order valence-electron chi connectivity index (χ2n) is 5.62. The summed E-state index contributed by atoms with van der Waals surface area (Å²) in [5.41, 5.74) is 1.70. The molecule has 3 aromatic rings. The molecule has 1 N–H and O–H groups in total. The maximum absolute atomic E-state index is 13.2. The van der Waals surface area contributed by atoms with E-state index in [1.165, 1.54) is 18.0 Å². The van der Waals surface area contributed by atoms with Gasteiger partial charge in [-0.05, 0) is 43.5 Å². The van der Waals surface area contributed by atoms with Crippen molar-refractivity contribution in [1.82, 2.24) is 14.6 Å². The number of fused-ring (bicyclic) bond motifs is 1. The molecule has 8 heteroatoms. The Morgan fingerprint density at radius 2 is 1.89 bits per heavy atom. The number of sulfone groups is 1. The van der Waals surface area contributed by atoms with E-state index in [0.717, 1.165) is 0 Å². The van der Waals surface area contributed by atoms with Crippen LogP contribution in [0, 0.1) is 12.3 Å². The van der Waals surface area contributed by atoms with E-state index in [-0.39, 0.29) is 9.79 Å². The summed E-state index contributed by atoms with van der Waals surface area (Å²) in [6, 6.07) is 10.1. The van der Waals surface area contributed by atoms with Gasteiger partial charge >= 0.3 is 0 Å². The Labute approximate surface area is 162 Å². The summed E-state index contributed by atoms with van der Waals surface area (Å²) in [7, 11) is -3.76. The SMILES string of the molecule is CSc1nn2c(/C=C/C=C\C=N)cc(C)nc2c1S(=O)(=O)c1ccccc1. The van der Waals surface area contributed by atoms with Crippen molar-refractivity contribution in [2.75, 3.05) is 6.26 Å². The zero-order valence-corrected chi connectivity index (χ0v) is 16.5. The number of aromatic nitrogens is 3. The smallest absolute Gasteiger partial charge is 0.213 e. The first-order valence-electron chi connectivity index (χ1n) is 8.07. The van der Waals surface area contributed by atoms with Crippen molar-refractivity contribution in [3.8, 4) is 0 Å². The quantitative estimate of drug-likeness (QED) is 0.387. The molecule has 0 aliphatic rings. The molecule has 0 unspecified atom stereocenters. The van der Waals surface area contributed by atoms with Gasteiger partial charge in [0.05, 0.1) is 10.6 Å². The van der Waals surface area contributed by atoms with Gasteiger partial charge in [0.25, 0.3) is 0 Å². The van der Waals surface area contributed by atoms with E-state index in [0.29, 0.717) is 22.1 Å². The lowest BCUT2D eigenvalue weighted by molar-refractivity contribution is 0.594. The molecule has 0 fully saturated rings. The van der Waals surface area contributed by atoms with Gasteiger partial charge in [0.15, 0.2) is 10.5 Å². The molecule has 0 atom stereocenters. The van der Waals surface area contributed by atoms with Crippen molar-refractivity contribution in [1.29, 1.82) is 5.41 Å². The Balaban J connectivity index is 2.28. The average molecular weight is 399 g/mol. The topological polar surface area (TPSA) is 88.2 Å². The van der Waals surface area contributed by atoms with Crippen LogP contribution in [-0.2, 0) is 9.84 Å². The molecule has 27 heavy (non-hydrogen) atoms. The first-order chi connectivity index (χ1) is 13.0. The molecular weight excluding hydrogens is 380 g/mol. The number of allylic oxidation sites excluding steroid dienone is 3. The summed E-state index contributed by atoms with van der Waals surface area (Å²) in [5.74, 6) is 0. The number of benzene rings is 1. The van der Waals surface area contributed by atoms with Gasteiger partial charge in [-0.3, -0.25) is 0 Å². The van der Waals surface area contributed by atoms with Gasteiger partial charge in [0.2, 0.25) is 9.84 Å². The third-order valence-electron chi connectivity index (χ3n) is 3.77. The van der Waals surface area contributed by atoms with Gasteiger partial charge < -0.3 is 5.41 Å². The first-order valence-corrected chi connectivity index (χ1v) is 10.8. The van der Waals surface area contributed by atoms with Crippen LogP contribution < -0.4 is 0 Å². The molecule has 0 spiro atoms. The minimum Gasteiger partial charge on any atom is -0.309 e. The van der Waals surface area contributed by atoms with Gasteiger partial charge in [-0.1, -0.05) is 30.4 Å². The van der Waals surface area contributed by atoms with E-state index >= 15 is 0 Å². The summed E-state index contributed by atoms with van der Waals surface area (Å²) in [4.78, 5) is 4.79. The Hall–Kier alpha value is -2.71. The highest BCUT2D eigenvalue weighted by Gasteiger charge is 2.29. The molecule has 0 aliphatic heterocycles. The van der Waals surface area contributed by atoms with Crippen LogP contribution in [0.5, 0.6) is 0 Å². The number of nitrogens with zero attached hydrogens (tertiary/aromatic N) is 3. The predicted molar refractivity (Wildman–Crippen MR) is 108 cm³/mol. The highest BCUT2D eigenvalue weighted by atomic mass is 32.2. The number of hydrogen-bond donors (Lipinski definition) is 1. The van der Waals surface area contributed by atoms with E-state index in [2.05, 4.69) is 10.1 Å². The van der Waals surface area contributed by atoms with E-state index in [9.17, 15) is 8.42 Å². The summed E-state index contributed by atoms with van der Waals surface area (Å²) >= 11 is 1.27. The maximum Gasteiger partial charge on any atom is 0.213 e. The first kappa shape index (κ1) is 19.1. The molecule has 2 heterocycles. The lowest BCUT2D eigenvalue weighted by Crippen LogP contribution is -2.04. The zero-order valence-electron chi connectivity index (χ0n) is 14.8. The molecule has 0 saturated heterocycles. The fourth-order valence-electron chi connectivity index (χ4n) is 2.61. The van der Waals surface area contributed by atoms with E-state index in [4.69, 9.17) is 5.41 Å². The van der Waals surface area contributed by atoms with Crippen molar-refractivity contribution >= 4 is 39.5 Å². The van der Waals surface area contributed by atoms with Crippen LogP contribution in [0.25, 0.3) is 11.7 Å². The van der Waals surface area contributed by atoms with Crippen LogP contribution in [0.15, 0.2) is 69.4 Å². The van der Waals surface area contributed by atoms with Crippen molar-refractivity contribution in [2.45, 2.75) is 21.7 Å². The van der Waals surface area contributed by atoms with Crippen LogP contribution in [0.3, 0.4) is 0 Å². The standard InChI is InChI=1S/C19H18N4O2S2/c1-14-13-15(9-5-4-8-12-20)23-18(21-14)17(19(22-23)26-2)27(24,25)16-10-6-3-7-11-16/h3-13,20H,1-2H3/b8-4-,9-5+,20-12?. The molecule has 0 aliphatic carbocycles. The lowest BCUT2D eigenvalue weighted by Gasteiger charge is -2.05. The predicted octanol–water partition coefficient (Wildman–Crippen LogP) is 3.81. The van der Waals surface area contributed by atoms with Crippen LogP contribution >= 0.6 is 11.8 Å². The highest BCUT2D eigenvalue weighted by molar-refractivity contribution is 7.99. The molecule has 0 amide bonds. The van der Waals surface area contributed by atoms with Gasteiger partial charge in [-0.25, -0.2) is 17.9 Å². The molecule has 3 rings (SSSR count). The Morgan fingerprint density at radius 1 is 1.15 bits per heavy atom. The molecule has 1 aromatic carbocycles. The van der Waals surface area contributed by atoms with Crippen LogP contribution in [0.4, 0.5) is 0 Å². The number of thioether (sulfide) groups is 1. The van der Waals surface area contributed by atoms with E-state index in [1.807, 2.05) is 13.0 Å². The molecule has 0 bridgehead atoms. The van der Waals surface area contributed by atoms with Gasteiger partial charge in [0, 0.05) is 11.9 Å². The van der Waals surface area contributed by atoms with Gasteiger partial charge in [0.1, 0.15) is 5.03 Å². The summed E-state index contributed by atoms with van der Waals surface area (Å²) in [6.45, 7) is 1.81. The fourth-order valence-corrected chi connectivity index (χ4v) is 5.02. The second kappa shape index (κ2) is 7.89. The fraction of sp³-hybridized carbons (Fsp3) is 0.105. The molecule has 138 valence electrons. The van der Waals surface area contributed by atoms with Crippen LogP contribution in [-0.4, -0.2) is 35.5 Å². The number of hydrogen-bond acceptors (Lipinski definition) is 6. The summed E-state index contributed by atoms with van der Waals surface area (Å²) in [6.07, 6.45) is 9.85. The van der Waals surface area contributed by atoms with E-state index in [1.54, 1.807) is 65.4 Å². The summed E-state index contributed by atoms with van der Waals surface area (Å²) < 4.78 is 28.0. The minimum absolute atomic E-state index is 0.120. The van der Waals surface area contributed by atoms with Crippen LogP contribution in [0.2, 0.25) is 0 Å². The minimum atomic E-state index is -3.76. The normalized spacial score (nSPS) is 12.4. The molecule has 0 radical (unpaired) electrons. The molecule has 0 saturated carbocycles. The average Bonchev–Trinajstić information content (AvgIpc) is 3.05. The molecule has 2 aromatic heterocycles. The molecule has 6 nitrogen and oxygen atoms in total. The van der Waals surface area contributed by atoms with Gasteiger partial charge in [-0.2, -0.15) is 5.10 Å². The maximum atomic E-state index is 13.2. The monoisotopic (exact) mass is 398 g/mol. The van der Waals surface area contributed by atoms with Crippen LogP contribution in [0.1, 0.15) is 11.4 Å². The largest absolute Gasteiger partial charge is 0.309 e. The van der Waals surface area contributed by atoms with Gasteiger partial charge in [-0.15, -0.1) is 11.8 Å². The Kier molecular flexibility index (Phi) is 5.57. The third-order valence-corrected chi connectivity index (χ3v) is 6.38.